The lowest BCUT2D eigenvalue weighted by atomic mass is 10.1. The van der Waals surface area contributed by atoms with Crippen LogP contribution in [0.4, 0.5) is 5.82 Å². The van der Waals surface area contributed by atoms with Crippen LogP contribution in [-0.2, 0) is 0 Å². The number of piperidine rings is 1. The zero-order chi connectivity index (χ0) is 14.4. The SMILES string of the molecule is CC[C@@H](CO)Nc1ncccc1C(=O)N1CCCCC1. The van der Waals surface area contributed by atoms with E-state index in [4.69, 9.17) is 0 Å². The largest absolute Gasteiger partial charge is 0.394 e. The second kappa shape index (κ2) is 7.24. The van der Waals surface area contributed by atoms with Gasteiger partial charge < -0.3 is 15.3 Å². The van der Waals surface area contributed by atoms with Gasteiger partial charge in [0, 0.05) is 19.3 Å². The molecule has 1 aromatic heterocycles. The molecule has 1 aliphatic heterocycles. The minimum atomic E-state index is -0.0715. The van der Waals surface area contributed by atoms with Crippen LogP contribution < -0.4 is 5.32 Å². The summed E-state index contributed by atoms with van der Waals surface area (Å²) in [6.07, 6.45) is 5.79. The van der Waals surface area contributed by atoms with Crippen molar-refractivity contribution in [3.05, 3.63) is 23.9 Å². The summed E-state index contributed by atoms with van der Waals surface area (Å²) in [5.41, 5.74) is 0.598. The second-order valence-electron chi connectivity index (χ2n) is 5.18. The summed E-state index contributed by atoms with van der Waals surface area (Å²) in [5, 5.41) is 12.4. The van der Waals surface area contributed by atoms with Crippen molar-refractivity contribution in [1.29, 1.82) is 0 Å². The molecule has 1 saturated heterocycles. The molecule has 2 heterocycles. The summed E-state index contributed by atoms with van der Waals surface area (Å²) in [6.45, 7) is 3.67. The highest BCUT2D eigenvalue weighted by molar-refractivity contribution is 5.98. The van der Waals surface area contributed by atoms with Crippen LogP contribution in [0.2, 0.25) is 0 Å². The molecule has 0 radical (unpaired) electrons. The Balaban J connectivity index is 2.15. The first-order chi connectivity index (χ1) is 9.76. The number of aliphatic hydroxyl groups is 1. The first kappa shape index (κ1) is 14.8. The van der Waals surface area contributed by atoms with Crippen molar-refractivity contribution in [3.63, 3.8) is 0 Å². The maximum atomic E-state index is 12.6. The lowest BCUT2D eigenvalue weighted by Crippen LogP contribution is -2.36. The van der Waals surface area contributed by atoms with E-state index in [0.717, 1.165) is 32.4 Å². The molecule has 0 spiro atoms. The van der Waals surface area contributed by atoms with Crippen LogP contribution in [-0.4, -0.2) is 46.6 Å². The minimum Gasteiger partial charge on any atom is -0.394 e. The van der Waals surface area contributed by atoms with Gasteiger partial charge in [-0.1, -0.05) is 6.92 Å². The van der Waals surface area contributed by atoms with Gasteiger partial charge in [-0.15, -0.1) is 0 Å². The normalized spacial score (nSPS) is 16.8. The number of anilines is 1. The molecular formula is C15H23N3O2. The summed E-state index contributed by atoms with van der Waals surface area (Å²) in [4.78, 5) is 18.7. The lowest BCUT2D eigenvalue weighted by molar-refractivity contribution is 0.0725. The van der Waals surface area contributed by atoms with E-state index in [-0.39, 0.29) is 18.6 Å². The number of likely N-dealkylation sites (tertiary alicyclic amines) is 1. The highest BCUT2D eigenvalue weighted by atomic mass is 16.3. The maximum Gasteiger partial charge on any atom is 0.257 e. The molecule has 1 atom stereocenters. The number of aromatic nitrogens is 1. The van der Waals surface area contributed by atoms with Crippen molar-refractivity contribution in [3.8, 4) is 0 Å². The van der Waals surface area contributed by atoms with E-state index < -0.39 is 0 Å². The number of nitrogens with zero attached hydrogens (tertiary/aromatic N) is 2. The van der Waals surface area contributed by atoms with Crippen LogP contribution >= 0.6 is 0 Å². The van der Waals surface area contributed by atoms with Crippen LogP contribution in [0.25, 0.3) is 0 Å². The predicted octanol–water partition coefficient (Wildman–Crippen LogP) is 1.89. The van der Waals surface area contributed by atoms with Gasteiger partial charge in [-0.2, -0.15) is 0 Å². The number of carbonyl (C=O) groups excluding carboxylic acids is 1. The fourth-order valence-corrected chi connectivity index (χ4v) is 2.43. The van der Waals surface area contributed by atoms with E-state index in [1.165, 1.54) is 6.42 Å². The predicted molar refractivity (Wildman–Crippen MR) is 78.8 cm³/mol. The number of amides is 1. The van der Waals surface area contributed by atoms with Gasteiger partial charge in [0.25, 0.3) is 5.91 Å². The number of hydrogen-bond acceptors (Lipinski definition) is 4. The van der Waals surface area contributed by atoms with Gasteiger partial charge in [-0.05, 0) is 37.8 Å². The molecule has 2 rings (SSSR count). The summed E-state index contributed by atoms with van der Waals surface area (Å²) in [5.74, 6) is 0.608. The topological polar surface area (TPSA) is 65.5 Å². The van der Waals surface area contributed by atoms with Crippen LogP contribution in [0.3, 0.4) is 0 Å². The van der Waals surface area contributed by atoms with Gasteiger partial charge in [0.15, 0.2) is 0 Å². The second-order valence-corrected chi connectivity index (χ2v) is 5.18. The van der Waals surface area contributed by atoms with Gasteiger partial charge in [0.2, 0.25) is 0 Å². The van der Waals surface area contributed by atoms with Crippen molar-refractivity contribution >= 4 is 11.7 Å². The number of carbonyl (C=O) groups is 1. The number of rotatable bonds is 5. The zero-order valence-electron chi connectivity index (χ0n) is 12.0. The average molecular weight is 277 g/mol. The summed E-state index contributed by atoms with van der Waals surface area (Å²) in [6, 6.07) is 3.51. The van der Waals surface area contributed by atoms with Crippen LogP contribution in [0.1, 0.15) is 43.0 Å². The van der Waals surface area contributed by atoms with E-state index in [0.29, 0.717) is 11.4 Å². The van der Waals surface area contributed by atoms with Crippen molar-refractivity contribution < 1.29 is 9.90 Å². The highest BCUT2D eigenvalue weighted by Crippen LogP contribution is 2.19. The molecule has 5 heteroatoms. The standard InChI is InChI=1S/C15H23N3O2/c1-2-12(11-19)17-14-13(7-6-8-16-14)15(20)18-9-4-3-5-10-18/h6-8,12,19H,2-5,9-11H2,1H3,(H,16,17)/t12-/m0/s1. The Morgan fingerprint density at radius 2 is 2.20 bits per heavy atom. The van der Waals surface area contributed by atoms with Gasteiger partial charge in [-0.25, -0.2) is 4.98 Å². The fourth-order valence-electron chi connectivity index (χ4n) is 2.43. The van der Waals surface area contributed by atoms with Crippen LogP contribution in [0.5, 0.6) is 0 Å². The molecule has 1 amide bonds. The molecule has 0 saturated carbocycles. The molecule has 20 heavy (non-hydrogen) atoms. The summed E-state index contributed by atoms with van der Waals surface area (Å²) >= 11 is 0. The Morgan fingerprint density at radius 1 is 1.45 bits per heavy atom. The third kappa shape index (κ3) is 3.48. The van der Waals surface area contributed by atoms with Gasteiger partial charge >= 0.3 is 0 Å². The van der Waals surface area contributed by atoms with Crippen molar-refractivity contribution in [2.75, 3.05) is 25.0 Å². The number of aliphatic hydroxyl groups excluding tert-OH is 1. The molecule has 0 aromatic carbocycles. The molecule has 2 N–H and O–H groups in total. The van der Waals surface area contributed by atoms with E-state index >= 15 is 0 Å². The number of nitrogens with one attached hydrogen (secondary N) is 1. The number of pyridine rings is 1. The van der Waals surface area contributed by atoms with Crippen molar-refractivity contribution in [1.82, 2.24) is 9.88 Å². The van der Waals surface area contributed by atoms with E-state index in [2.05, 4.69) is 10.3 Å². The van der Waals surface area contributed by atoms with Gasteiger partial charge in [-0.3, -0.25) is 4.79 Å². The zero-order valence-corrected chi connectivity index (χ0v) is 12.0. The third-order valence-corrected chi connectivity index (χ3v) is 3.74. The molecule has 0 aliphatic carbocycles. The molecule has 1 fully saturated rings. The summed E-state index contributed by atoms with van der Waals surface area (Å²) < 4.78 is 0. The molecule has 1 aliphatic rings. The summed E-state index contributed by atoms with van der Waals surface area (Å²) in [7, 11) is 0. The molecule has 1 aromatic rings. The van der Waals surface area contributed by atoms with Crippen LogP contribution in [0, 0.1) is 0 Å². The number of hydrogen-bond donors (Lipinski definition) is 2. The first-order valence-electron chi connectivity index (χ1n) is 7.38. The maximum absolute atomic E-state index is 12.6. The van der Waals surface area contributed by atoms with E-state index in [1.54, 1.807) is 18.3 Å². The Hall–Kier alpha value is -1.62. The van der Waals surface area contributed by atoms with Gasteiger partial charge in [0.05, 0.1) is 18.2 Å². The van der Waals surface area contributed by atoms with Gasteiger partial charge in [0.1, 0.15) is 5.82 Å². The average Bonchev–Trinajstić information content (AvgIpc) is 2.53. The Bertz CT molecular complexity index is 440. The Morgan fingerprint density at radius 3 is 2.85 bits per heavy atom. The molecule has 110 valence electrons. The van der Waals surface area contributed by atoms with Crippen molar-refractivity contribution in [2.24, 2.45) is 0 Å². The highest BCUT2D eigenvalue weighted by Gasteiger charge is 2.21. The third-order valence-electron chi connectivity index (χ3n) is 3.74. The minimum absolute atomic E-state index is 0.0322. The van der Waals surface area contributed by atoms with Crippen LogP contribution in [0.15, 0.2) is 18.3 Å². The molecule has 0 unspecified atom stereocenters. The monoisotopic (exact) mass is 277 g/mol. The first-order valence-corrected chi connectivity index (χ1v) is 7.38. The Labute approximate surface area is 120 Å². The quantitative estimate of drug-likeness (QED) is 0.862. The van der Waals surface area contributed by atoms with E-state index in [1.807, 2.05) is 11.8 Å². The molecule has 5 nitrogen and oxygen atoms in total. The Kier molecular flexibility index (Phi) is 5.35. The smallest absolute Gasteiger partial charge is 0.257 e. The molecule has 0 bridgehead atoms. The molecular weight excluding hydrogens is 254 g/mol. The lowest BCUT2D eigenvalue weighted by Gasteiger charge is -2.27. The van der Waals surface area contributed by atoms with Crippen molar-refractivity contribution in [2.45, 2.75) is 38.6 Å². The van der Waals surface area contributed by atoms with E-state index in [9.17, 15) is 9.90 Å². The fraction of sp³-hybridized carbons (Fsp3) is 0.600.